The van der Waals surface area contributed by atoms with Crippen molar-refractivity contribution in [3.63, 3.8) is 0 Å². The minimum atomic E-state index is -4.86. The second kappa shape index (κ2) is 10.3. The number of aliphatic hydroxyl groups is 2. The van der Waals surface area contributed by atoms with Crippen molar-refractivity contribution in [1.29, 1.82) is 5.26 Å². The number of hydrogen-bond acceptors (Lipinski definition) is 6. The monoisotopic (exact) mass is 520 g/mol. The van der Waals surface area contributed by atoms with Crippen molar-refractivity contribution in [3.05, 3.63) is 71.3 Å². The van der Waals surface area contributed by atoms with E-state index >= 15 is 0 Å². The number of alkyl halides is 3. The van der Waals surface area contributed by atoms with E-state index in [9.17, 15) is 31.5 Å². The number of rotatable bonds is 8. The number of carbonyl (C=O) groups excluding carboxylic acids is 1. The van der Waals surface area contributed by atoms with Crippen LogP contribution < -0.4 is 5.32 Å². The first-order chi connectivity index (χ1) is 16.8. The van der Waals surface area contributed by atoms with Gasteiger partial charge in [0, 0.05) is 17.7 Å². The molecule has 0 aliphatic carbocycles. The van der Waals surface area contributed by atoms with Crippen LogP contribution >= 0.6 is 0 Å². The van der Waals surface area contributed by atoms with Gasteiger partial charge in [0.15, 0.2) is 15.4 Å². The number of nitrogens with zero attached hydrogens (tertiary/aromatic N) is 1. The molecule has 1 unspecified atom stereocenters. The molecular weight excluding hydrogens is 497 g/mol. The van der Waals surface area contributed by atoms with Crippen LogP contribution in [0.4, 0.5) is 18.9 Å². The Labute approximate surface area is 205 Å². The van der Waals surface area contributed by atoms with Gasteiger partial charge < -0.3 is 15.5 Å². The number of amides is 1. The Balaban J connectivity index is 1.90. The van der Waals surface area contributed by atoms with Crippen LogP contribution in [0.25, 0.3) is 10.8 Å². The highest BCUT2D eigenvalue weighted by molar-refractivity contribution is 7.91. The maximum absolute atomic E-state index is 13.2. The summed E-state index contributed by atoms with van der Waals surface area (Å²) in [4.78, 5) is 12.6. The number of hydrogen-bond donors (Lipinski definition) is 3. The molecule has 1 amide bonds. The van der Waals surface area contributed by atoms with Gasteiger partial charge in [-0.25, -0.2) is 8.42 Å². The molecule has 0 saturated carbocycles. The summed E-state index contributed by atoms with van der Waals surface area (Å²) in [6.07, 6.45) is -3.86. The molecule has 7 nitrogen and oxygen atoms in total. The van der Waals surface area contributed by atoms with Crippen LogP contribution in [0.5, 0.6) is 0 Å². The Morgan fingerprint density at radius 3 is 2.39 bits per heavy atom. The second-order valence-corrected chi connectivity index (χ2v) is 10.4. The van der Waals surface area contributed by atoms with Crippen LogP contribution in [0, 0.1) is 11.3 Å². The average molecular weight is 521 g/mol. The molecule has 3 rings (SSSR count). The summed E-state index contributed by atoms with van der Waals surface area (Å²) in [6, 6.07) is 13.6. The molecule has 0 fully saturated rings. The maximum Gasteiger partial charge on any atom is 0.417 e. The van der Waals surface area contributed by atoms with E-state index in [2.05, 4.69) is 5.32 Å². The molecule has 3 aromatic rings. The predicted octanol–water partition coefficient (Wildman–Crippen LogP) is 3.82. The van der Waals surface area contributed by atoms with Gasteiger partial charge in [-0.3, -0.25) is 4.79 Å². The third-order valence-corrected chi connectivity index (χ3v) is 7.54. The fourth-order valence-corrected chi connectivity index (χ4v) is 5.66. The van der Waals surface area contributed by atoms with E-state index in [4.69, 9.17) is 10.4 Å². The lowest BCUT2D eigenvalue weighted by Crippen LogP contribution is -2.45. The van der Waals surface area contributed by atoms with Gasteiger partial charge in [0.2, 0.25) is 0 Å². The number of aryl methyl sites for hydroxylation is 1. The van der Waals surface area contributed by atoms with Crippen LogP contribution in [-0.2, 0) is 27.2 Å². The Bertz CT molecular complexity index is 1440. The molecule has 0 heterocycles. The van der Waals surface area contributed by atoms with Crippen LogP contribution in [0.15, 0.2) is 59.5 Å². The summed E-state index contributed by atoms with van der Waals surface area (Å²) in [5.41, 5.74) is -3.96. The van der Waals surface area contributed by atoms with Gasteiger partial charge in [-0.2, -0.15) is 18.4 Å². The third kappa shape index (κ3) is 5.84. The average Bonchev–Trinajstić information content (AvgIpc) is 2.81. The molecule has 190 valence electrons. The quantitative estimate of drug-likeness (QED) is 0.414. The fourth-order valence-electron chi connectivity index (χ4n) is 3.84. The second-order valence-electron chi connectivity index (χ2n) is 8.45. The van der Waals surface area contributed by atoms with E-state index in [1.54, 1.807) is 18.2 Å². The number of fused-ring (bicyclic) bond motifs is 1. The van der Waals surface area contributed by atoms with E-state index in [1.807, 2.05) is 6.07 Å². The highest BCUT2D eigenvalue weighted by atomic mass is 32.2. The number of aliphatic hydroxyl groups excluding tert-OH is 1. The Morgan fingerprint density at radius 1 is 1.08 bits per heavy atom. The number of halogens is 3. The van der Waals surface area contributed by atoms with Crippen molar-refractivity contribution in [2.75, 3.05) is 17.7 Å². The maximum atomic E-state index is 13.2. The summed E-state index contributed by atoms with van der Waals surface area (Å²) in [5, 5.41) is 31.9. The lowest BCUT2D eigenvalue weighted by atomic mass is 10.0. The van der Waals surface area contributed by atoms with E-state index in [0.29, 0.717) is 29.7 Å². The molecule has 0 aliphatic rings. The summed E-state index contributed by atoms with van der Waals surface area (Å²) < 4.78 is 66.1. The van der Waals surface area contributed by atoms with Crippen molar-refractivity contribution in [2.45, 2.75) is 36.4 Å². The first kappa shape index (κ1) is 27.1. The standard InChI is InChI=1S/C25H23F3N2O5S/c1-24(33,23(32)30-18-11-10-17(14-29)21(13-18)25(26,27)28)15-36(34,35)22-9-3-7-19-16(6-4-12-31)5-2-8-20(19)22/h2-3,5,7-11,13,31,33H,4,6,12,15H2,1H3,(H,30,32). The smallest absolute Gasteiger partial charge is 0.396 e. The first-order valence-corrected chi connectivity index (χ1v) is 12.4. The molecule has 3 aromatic carbocycles. The molecule has 0 aliphatic heterocycles. The van der Waals surface area contributed by atoms with Crippen LogP contribution in [-0.4, -0.2) is 42.5 Å². The summed E-state index contributed by atoms with van der Waals surface area (Å²) in [7, 11) is -4.24. The summed E-state index contributed by atoms with van der Waals surface area (Å²) in [6.45, 7) is 0.919. The van der Waals surface area contributed by atoms with Gasteiger partial charge in [-0.05, 0) is 55.0 Å². The normalized spacial score (nSPS) is 13.7. The van der Waals surface area contributed by atoms with Crippen molar-refractivity contribution in [3.8, 4) is 6.07 Å². The van der Waals surface area contributed by atoms with Gasteiger partial charge in [-0.1, -0.05) is 30.3 Å². The molecule has 0 saturated heterocycles. The molecule has 11 heteroatoms. The summed E-state index contributed by atoms with van der Waals surface area (Å²) >= 11 is 0. The molecule has 3 N–H and O–H groups in total. The van der Waals surface area contributed by atoms with E-state index in [-0.39, 0.29) is 17.2 Å². The number of sulfone groups is 1. The van der Waals surface area contributed by atoms with Crippen LogP contribution in [0.1, 0.15) is 30.0 Å². The Kier molecular flexibility index (Phi) is 7.73. The Hall–Kier alpha value is -3.46. The molecule has 36 heavy (non-hydrogen) atoms. The van der Waals surface area contributed by atoms with Crippen LogP contribution in [0.2, 0.25) is 0 Å². The van der Waals surface area contributed by atoms with Gasteiger partial charge >= 0.3 is 6.18 Å². The van der Waals surface area contributed by atoms with Crippen molar-refractivity contribution < 1.29 is 36.6 Å². The minimum absolute atomic E-state index is 0.0317. The van der Waals surface area contributed by atoms with Crippen LogP contribution in [0.3, 0.4) is 0 Å². The third-order valence-electron chi connectivity index (χ3n) is 5.58. The van der Waals surface area contributed by atoms with E-state index in [1.165, 1.54) is 18.2 Å². The lowest BCUT2D eigenvalue weighted by molar-refractivity contribution is -0.137. The topological polar surface area (TPSA) is 127 Å². The Morgan fingerprint density at radius 2 is 1.75 bits per heavy atom. The lowest BCUT2D eigenvalue weighted by Gasteiger charge is -2.23. The number of benzene rings is 3. The van der Waals surface area contributed by atoms with E-state index in [0.717, 1.165) is 24.6 Å². The fraction of sp³-hybridized carbons (Fsp3) is 0.280. The molecule has 0 radical (unpaired) electrons. The van der Waals surface area contributed by atoms with E-state index < -0.39 is 44.4 Å². The largest absolute Gasteiger partial charge is 0.417 e. The van der Waals surface area contributed by atoms with Crippen molar-refractivity contribution in [2.24, 2.45) is 0 Å². The highest BCUT2D eigenvalue weighted by Gasteiger charge is 2.38. The number of nitrogens with one attached hydrogen (secondary N) is 1. The van der Waals surface area contributed by atoms with Crippen molar-refractivity contribution >= 4 is 32.2 Å². The zero-order chi connectivity index (χ0) is 26.7. The molecule has 0 aromatic heterocycles. The van der Waals surface area contributed by atoms with Gasteiger partial charge in [0.05, 0.1) is 27.8 Å². The predicted molar refractivity (Wildman–Crippen MR) is 127 cm³/mol. The first-order valence-electron chi connectivity index (χ1n) is 10.8. The molecule has 1 atom stereocenters. The van der Waals surface area contributed by atoms with Gasteiger partial charge in [0.25, 0.3) is 5.91 Å². The number of anilines is 1. The molecule has 0 bridgehead atoms. The van der Waals surface area contributed by atoms with Gasteiger partial charge in [0.1, 0.15) is 0 Å². The van der Waals surface area contributed by atoms with Crippen molar-refractivity contribution in [1.82, 2.24) is 0 Å². The zero-order valence-corrected chi connectivity index (χ0v) is 19.9. The highest BCUT2D eigenvalue weighted by Crippen LogP contribution is 2.34. The zero-order valence-electron chi connectivity index (χ0n) is 19.1. The number of carbonyl (C=O) groups is 1. The van der Waals surface area contributed by atoms with Gasteiger partial charge in [-0.15, -0.1) is 0 Å². The molecule has 0 spiro atoms. The SMILES string of the molecule is CC(O)(CS(=O)(=O)c1cccc2c(CCCO)cccc12)C(=O)Nc1ccc(C#N)c(C(F)(F)F)c1. The summed E-state index contributed by atoms with van der Waals surface area (Å²) in [5.74, 6) is -2.26. The minimum Gasteiger partial charge on any atom is -0.396 e. The molecular formula is C25H23F3N2O5S. The number of nitriles is 1.